The first-order chi connectivity index (χ1) is 15.1. The van der Waals surface area contributed by atoms with Gasteiger partial charge >= 0.3 is 0 Å². The molecule has 2 aromatic heterocycles. The minimum atomic E-state index is 0. The minimum Gasteiger partial charge on any atom is -0.259 e. The zero-order valence-corrected chi connectivity index (χ0v) is 20.3. The van der Waals surface area contributed by atoms with Crippen LogP contribution >= 0.6 is 59.2 Å². The van der Waals surface area contributed by atoms with E-state index in [-0.39, 0.29) is 7.43 Å². The quantitative estimate of drug-likeness (QED) is 0.216. The first kappa shape index (κ1) is 28.2. The Morgan fingerprint density at radius 1 is 0.656 bits per heavy atom. The number of rotatable bonds is 4. The largest absolute Gasteiger partial charge is 0.259 e. The van der Waals surface area contributed by atoms with Crippen molar-refractivity contribution in [3.8, 4) is 0 Å². The van der Waals surface area contributed by atoms with Gasteiger partial charge < -0.3 is 0 Å². The van der Waals surface area contributed by atoms with Gasteiger partial charge in [-0.25, -0.2) is 9.97 Å². The highest BCUT2D eigenvalue weighted by Gasteiger charge is 1.98. The van der Waals surface area contributed by atoms with Gasteiger partial charge in [0.25, 0.3) is 0 Å². The zero-order chi connectivity index (χ0) is 22.3. The summed E-state index contributed by atoms with van der Waals surface area (Å²) in [6.45, 7) is 0. The van der Waals surface area contributed by atoms with Crippen LogP contribution in [0.1, 0.15) is 18.6 Å². The second kappa shape index (κ2) is 16.8. The van der Waals surface area contributed by atoms with Crippen molar-refractivity contribution in [3.63, 3.8) is 0 Å². The second-order valence-electron chi connectivity index (χ2n) is 5.76. The van der Waals surface area contributed by atoms with Gasteiger partial charge in [-0.2, -0.15) is 12.6 Å². The van der Waals surface area contributed by atoms with E-state index >= 15 is 0 Å². The molecule has 4 rings (SSSR count). The van der Waals surface area contributed by atoms with Gasteiger partial charge in [0.15, 0.2) is 0 Å². The number of nitrogens with zero attached hydrogens (tertiary/aromatic N) is 4. The van der Waals surface area contributed by atoms with E-state index < -0.39 is 0 Å². The maximum Gasteiger partial charge on any atom is 0.149 e. The molecule has 0 bridgehead atoms. The highest BCUT2D eigenvalue weighted by Crippen LogP contribution is 2.20. The van der Waals surface area contributed by atoms with Crippen molar-refractivity contribution in [3.05, 3.63) is 112 Å². The Balaban J connectivity index is 0.000000257. The topological polar surface area (TPSA) is 51.6 Å². The van der Waals surface area contributed by atoms with Crippen molar-refractivity contribution in [2.24, 2.45) is 0 Å². The number of halogens is 3. The molecule has 168 valence electrons. The van der Waals surface area contributed by atoms with E-state index in [9.17, 15) is 0 Å². The fourth-order valence-electron chi connectivity index (χ4n) is 2.03. The first-order valence-electron chi connectivity index (χ1n) is 8.99. The number of hydrogen-bond acceptors (Lipinski definition) is 6. The summed E-state index contributed by atoms with van der Waals surface area (Å²) in [5.41, 5.74) is 2.54. The summed E-state index contributed by atoms with van der Waals surface area (Å²) < 4.78 is 0. The average Bonchev–Trinajstić information content (AvgIpc) is 2.80. The van der Waals surface area contributed by atoms with Crippen molar-refractivity contribution in [1.82, 2.24) is 19.9 Å². The van der Waals surface area contributed by atoms with Crippen molar-refractivity contribution in [1.29, 1.82) is 0 Å². The van der Waals surface area contributed by atoms with E-state index in [1.54, 1.807) is 18.0 Å². The van der Waals surface area contributed by atoms with Crippen LogP contribution in [0.5, 0.6) is 0 Å². The summed E-state index contributed by atoms with van der Waals surface area (Å²) in [5.74, 6) is 1.72. The molecule has 0 aliphatic rings. The molecule has 0 N–H and O–H groups in total. The third-order valence-electron chi connectivity index (χ3n) is 3.41. The van der Waals surface area contributed by atoms with Crippen LogP contribution in [0, 0.1) is 0 Å². The molecule has 0 unspecified atom stereocenters. The van der Waals surface area contributed by atoms with E-state index in [0.29, 0.717) is 15.5 Å². The minimum absolute atomic E-state index is 0. The number of benzene rings is 2. The Morgan fingerprint density at radius 2 is 1.12 bits per heavy atom. The summed E-state index contributed by atoms with van der Waals surface area (Å²) in [6.07, 6.45) is 6.11. The second-order valence-corrected chi connectivity index (χ2v) is 8.24. The molecule has 2 aromatic carbocycles. The van der Waals surface area contributed by atoms with Gasteiger partial charge in [-0.15, -0.1) is 11.8 Å². The van der Waals surface area contributed by atoms with Gasteiger partial charge in [-0.3, -0.25) is 9.97 Å². The molecule has 0 fully saturated rings. The molecule has 9 heteroatoms. The Morgan fingerprint density at radius 3 is 1.53 bits per heavy atom. The Hall–Kier alpha value is -1.83. The molecular weight excluding hydrogens is 503 g/mol. The van der Waals surface area contributed by atoms with Crippen molar-refractivity contribution in [2.75, 3.05) is 0 Å². The molecule has 4 aromatic rings. The lowest BCUT2D eigenvalue weighted by molar-refractivity contribution is 1.05. The predicted molar refractivity (Wildman–Crippen MR) is 141 cm³/mol. The third kappa shape index (κ3) is 12.3. The van der Waals surface area contributed by atoms with E-state index in [4.69, 9.17) is 34.8 Å². The van der Waals surface area contributed by atoms with Crippen LogP contribution in [-0.2, 0) is 11.5 Å². The molecule has 0 aliphatic heterocycles. The van der Waals surface area contributed by atoms with Crippen LogP contribution in [0.25, 0.3) is 0 Å². The van der Waals surface area contributed by atoms with Gasteiger partial charge in [0.05, 0.1) is 24.8 Å². The van der Waals surface area contributed by atoms with E-state index in [1.165, 1.54) is 29.7 Å². The fourth-order valence-corrected chi connectivity index (χ4v) is 3.58. The summed E-state index contributed by atoms with van der Waals surface area (Å²) in [4.78, 5) is 15.4. The van der Waals surface area contributed by atoms with Gasteiger partial charge in [-0.1, -0.05) is 103 Å². The van der Waals surface area contributed by atoms with E-state index in [0.717, 1.165) is 16.5 Å². The Labute approximate surface area is 214 Å². The lowest BCUT2D eigenvalue weighted by atomic mass is 10.2. The smallest absolute Gasteiger partial charge is 0.149 e. The molecule has 2 heterocycles. The standard InChI is InChI=1S/C11H9ClN2S.C7H8S.C4H2Cl2N2.CH4/c12-10-6-13-7-11(14-10)15-8-9-4-2-1-3-5-9;8-6-7-4-2-1-3-5-7;5-3-1-7-2-4(6)8-3;/h1-7H,8H2;1-5,8H,6H2;1-2H;1H4. The van der Waals surface area contributed by atoms with Crippen LogP contribution in [-0.4, -0.2) is 19.9 Å². The summed E-state index contributed by atoms with van der Waals surface area (Å²) >= 11 is 22.3. The lowest BCUT2D eigenvalue weighted by Gasteiger charge is -2.00. The Kier molecular flexibility index (Phi) is 14.8. The molecule has 32 heavy (non-hydrogen) atoms. The van der Waals surface area contributed by atoms with Crippen molar-refractivity contribution >= 4 is 59.2 Å². The van der Waals surface area contributed by atoms with Crippen LogP contribution < -0.4 is 0 Å². The van der Waals surface area contributed by atoms with E-state index in [1.807, 2.05) is 36.4 Å². The molecule has 0 saturated heterocycles. The van der Waals surface area contributed by atoms with Crippen LogP contribution in [0.3, 0.4) is 0 Å². The fraction of sp³-hybridized carbons (Fsp3) is 0.130. The van der Waals surface area contributed by atoms with Crippen molar-refractivity contribution < 1.29 is 0 Å². The number of hydrogen-bond donors (Lipinski definition) is 1. The van der Waals surface area contributed by atoms with Crippen LogP contribution in [0.4, 0.5) is 0 Å². The molecule has 0 atom stereocenters. The highest BCUT2D eigenvalue weighted by molar-refractivity contribution is 7.98. The molecule has 0 spiro atoms. The normalized spacial score (nSPS) is 9.38. The number of thioether (sulfide) groups is 1. The molecule has 0 aliphatic carbocycles. The van der Waals surface area contributed by atoms with Gasteiger partial charge in [0.2, 0.25) is 0 Å². The van der Waals surface area contributed by atoms with Crippen molar-refractivity contribution in [2.45, 2.75) is 24.0 Å². The summed E-state index contributed by atoms with van der Waals surface area (Å²) in [7, 11) is 0. The molecule has 0 saturated carbocycles. The molecule has 0 radical (unpaired) electrons. The van der Waals surface area contributed by atoms with Gasteiger partial charge in [0, 0.05) is 11.5 Å². The number of thiol groups is 1. The zero-order valence-electron chi connectivity index (χ0n) is 16.3. The SMILES string of the molecule is C.Clc1cncc(Cl)n1.Clc1cncc(SCc2ccccc2)n1.SCc1ccccc1. The van der Waals surface area contributed by atoms with Gasteiger partial charge in [0.1, 0.15) is 20.5 Å². The average molecular weight is 526 g/mol. The molecular formula is C23H23Cl3N4S2. The molecule has 0 amide bonds. The summed E-state index contributed by atoms with van der Waals surface area (Å²) in [5, 5.41) is 1.93. The van der Waals surface area contributed by atoms with Crippen LogP contribution in [0.2, 0.25) is 15.5 Å². The van der Waals surface area contributed by atoms with Crippen LogP contribution in [0.15, 0.2) is 90.5 Å². The monoisotopic (exact) mass is 524 g/mol. The Bertz CT molecular complexity index is 1010. The third-order valence-corrected chi connectivity index (χ3v) is 5.30. The maximum absolute atomic E-state index is 5.74. The lowest BCUT2D eigenvalue weighted by Crippen LogP contribution is -1.85. The van der Waals surface area contributed by atoms with E-state index in [2.05, 4.69) is 56.8 Å². The molecule has 4 nitrogen and oxygen atoms in total. The predicted octanol–water partition coefficient (Wildman–Crippen LogP) is 7.96. The summed E-state index contributed by atoms with van der Waals surface area (Å²) in [6, 6.07) is 20.4. The number of aromatic nitrogens is 4. The highest BCUT2D eigenvalue weighted by atomic mass is 35.5. The maximum atomic E-state index is 5.74. The first-order valence-corrected chi connectivity index (χ1v) is 11.7. The van der Waals surface area contributed by atoms with Gasteiger partial charge in [-0.05, 0) is 11.1 Å².